The number of halogens is 2. The molecule has 0 aromatic heterocycles. The second-order valence-corrected chi connectivity index (χ2v) is 7.37. The summed E-state index contributed by atoms with van der Waals surface area (Å²) in [6.45, 7) is 2.82. The monoisotopic (exact) mass is 347 g/mol. The zero-order valence-electron chi connectivity index (χ0n) is 12.8. The van der Waals surface area contributed by atoms with Crippen molar-refractivity contribution >= 4 is 15.9 Å². The van der Waals surface area contributed by atoms with E-state index in [-0.39, 0.29) is 5.56 Å². The highest BCUT2D eigenvalue weighted by Crippen LogP contribution is 2.09. The molecule has 0 spiro atoms. The van der Waals surface area contributed by atoms with Crippen LogP contribution in [0.15, 0.2) is 18.2 Å². The van der Waals surface area contributed by atoms with Gasteiger partial charge in [0.1, 0.15) is 11.6 Å². The van der Waals surface area contributed by atoms with Gasteiger partial charge in [0.25, 0.3) is 5.91 Å². The summed E-state index contributed by atoms with van der Waals surface area (Å²) in [4.78, 5) is 13.8. The molecule has 1 heterocycles. The predicted molar refractivity (Wildman–Crippen MR) is 81.5 cm³/mol. The van der Waals surface area contributed by atoms with E-state index in [4.69, 9.17) is 0 Å². The number of hydrogen-bond acceptors (Lipinski definition) is 4. The van der Waals surface area contributed by atoms with Gasteiger partial charge in [0, 0.05) is 45.3 Å². The summed E-state index contributed by atoms with van der Waals surface area (Å²) in [5.41, 5.74) is -0.201. The minimum Gasteiger partial charge on any atom is -0.351 e. The zero-order valence-corrected chi connectivity index (χ0v) is 13.6. The number of carbonyl (C=O) groups excluding carboxylic acids is 1. The van der Waals surface area contributed by atoms with Gasteiger partial charge in [-0.2, -0.15) is 4.31 Å². The standard InChI is InChI=1S/C14H19F2N3O3S/c1-23(21,22)19-8-6-18(7-9-19)5-4-17-14(20)12-3-2-11(15)10-13(12)16/h2-3,10H,4-9H2,1H3,(H,17,20). The molecule has 0 unspecified atom stereocenters. The number of sulfonamides is 1. The maximum absolute atomic E-state index is 13.5. The van der Waals surface area contributed by atoms with Gasteiger partial charge in [0.2, 0.25) is 10.0 Å². The summed E-state index contributed by atoms with van der Waals surface area (Å²) in [6, 6.07) is 2.80. The summed E-state index contributed by atoms with van der Waals surface area (Å²) in [5.74, 6) is -2.23. The number of carbonyl (C=O) groups is 1. The van der Waals surface area contributed by atoms with E-state index in [9.17, 15) is 22.0 Å². The van der Waals surface area contributed by atoms with Crippen LogP contribution in [0.4, 0.5) is 8.78 Å². The molecule has 1 fully saturated rings. The fourth-order valence-corrected chi connectivity index (χ4v) is 3.21. The first kappa shape index (κ1) is 17.8. The second-order valence-electron chi connectivity index (χ2n) is 5.38. The third kappa shape index (κ3) is 4.95. The van der Waals surface area contributed by atoms with Crippen molar-refractivity contribution in [1.29, 1.82) is 0 Å². The highest BCUT2D eigenvalue weighted by Gasteiger charge is 2.23. The molecule has 1 amide bonds. The maximum Gasteiger partial charge on any atom is 0.254 e. The number of nitrogens with one attached hydrogen (secondary N) is 1. The van der Waals surface area contributed by atoms with Crippen LogP contribution in [0, 0.1) is 11.6 Å². The molecular weight excluding hydrogens is 328 g/mol. The van der Waals surface area contributed by atoms with Gasteiger partial charge < -0.3 is 5.32 Å². The van der Waals surface area contributed by atoms with Crippen LogP contribution in [-0.2, 0) is 10.0 Å². The third-order valence-electron chi connectivity index (χ3n) is 3.69. The van der Waals surface area contributed by atoms with Crippen molar-refractivity contribution in [2.75, 3.05) is 45.5 Å². The lowest BCUT2D eigenvalue weighted by Gasteiger charge is -2.33. The molecule has 0 radical (unpaired) electrons. The fraction of sp³-hybridized carbons (Fsp3) is 0.500. The van der Waals surface area contributed by atoms with Crippen molar-refractivity contribution in [2.45, 2.75) is 0 Å². The van der Waals surface area contributed by atoms with Crippen molar-refractivity contribution < 1.29 is 22.0 Å². The Hall–Kier alpha value is -1.58. The van der Waals surface area contributed by atoms with E-state index in [2.05, 4.69) is 5.32 Å². The van der Waals surface area contributed by atoms with E-state index >= 15 is 0 Å². The molecule has 2 rings (SSSR count). The van der Waals surface area contributed by atoms with Gasteiger partial charge in [-0.05, 0) is 12.1 Å². The highest BCUT2D eigenvalue weighted by atomic mass is 32.2. The van der Waals surface area contributed by atoms with E-state index in [0.29, 0.717) is 45.3 Å². The molecule has 0 saturated carbocycles. The Labute approximate surface area is 134 Å². The maximum atomic E-state index is 13.5. The van der Waals surface area contributed by atoms with Gasteiger partial charge in [-0.25, -0.2) is 17.2 Å². The largest absolute Gasteiger partial charge is 0.351 e. The molecule has 6 nitrogen and oxygen atoms in total. The van der Waals surface area contributed by atoms with E-state index in [1.54, 1.807) is 0 Å². The number of benzene rings is 1. The number of piperazine rings is 1. The molecule has 128 valence electrons. The Bertz CT molecular complexity index is 674. The molecular formula is C14H19F2N3O3S. The Morgan fingerprint density at radius 1 is 1.22 bits per heavy atom. The van der Waals surface area contributed by atoms with Crippen LogP contribution in [0.3, 0.4) is 0 Å². The Kier molecular flexibility index (Phi) is 5.66. The van der Waals surface area contributed by atoms with Crippen molar-refractivity contribution in [1.82, 2.24) is 14.5 Å². The first-order chi connectivity index (χ1) is 10.8. The van der Waals surface area contributed by atoms with Crippen LogP contribution in [0.25, 0.3) is 0 Å². The summed E-state index contributed by atoms with van der Waals surface area (Å²) >= 11 is 0. The number of hydrogen-bond donors (Lipinski definition) is 1. The van der Waals surface area contributed by atoms with Crippen LogP contribution >= 0.6 is 0 Å². The summed E-state index contributed by atoms with van der Waals surface area (Å²) < 4.78 is 50.5. The Morgan fingerprint density at radius 3 is 2.43 bits per heavy atom. The highest BCUT2D eigenvalue weighted by molar-refractivity contribution is 7.88. The molecule has 9 heteroatoms. The van der Waals surface area contributed by atoms with Gasteiger partial charge in [0.05, 0.1) is 11.8 Å². The first-order valence-electron chi connectivity index (χ1n) is 7.18. The normalized spacial score (nSPS) is 17.2. The average molecular weight is 347 g/mol. The van der Waals surface area contributed by atoms with Crippen molar-refractivity contribution in [2.24, 2.45) is 0 Å². The van der Waals surface area contributed by atoms with Gasteiger partial charge >= 0.3 is 0 Å². The van der Waals surface area contributed by atoms with Gasteiger partial charge in [-0.1, -0.05) is 0 Å². The van der Waals surface area contributed by atoms with E-state index in [1.165, 1.54) is 10.6 Å². The molecule has 23 heavy (non-hydrogen) atoms. The third-order valence-corrected chi connectivity index (χ3v) is 4.99. The Morgan fingerprint density at radius 2 is 1.87 bits per heavy atom. The molecule has 1 aliphatic heterocycles. The van der Waals surface area contributed by atoms with Gasteiger partial charge in [0.15, 0.2) is 0 Å². The number of amides is 1. The molecule has 0 atom stereocenters. The van der Waals surface area contributed by atoms with Crippen molar-refractivity contribution in [3.63, 3.8) is 0 Å². The summed E-state index contributed by atoms with van der Waals surface area (Å²) in [7, 11) is -3.16. The average Bonchev–Trinajstić information content (AvgIpc) is 2.46. The van der Waals surface area contributed by atoms with Crippen LogP contribution in [0.1, 0.15) is 10.4 Å². The van der Waals surface area contributed by atoms with Gasteiger partial charge in [-0.15, -0.1) is 0 Å². The molecule has 1 N–H and O–H groups in total. The van der Waals surface area contributed by atoms with Crippen LogP contribution in [0.2, 0.25) is 0 Å². The lowest BCUT2D eigenvalue weighted by molar-refractivity contribution is 0.0941. The fourth-order valence-electron chi connectivity index (χ4n) is 2.38. The number of nitrogens with zero attached hydrogens (tertiary/aromatic N) is 2. The van der Waals surface area contributed by atoms with E-state index < -0.39 is 27.6 Å². The minimum atomic E-state index is -3.16. The topological polar surface area (TPSA) is 69.7 Å². The summed E-state index contributed by atoms with van der Waals surface area (Å²) in [5, 5.41) is 2.57. The molecule has 0 bridgehead atoms. The zero-order chi connectivity index (χ0) is 17.0. The molecule has 1 saturated heterocycles. The number of rotatable bonds is 5. The van der Waals surface area contributed by atoms with E-state index in [0.717, 1.165) is 12.1 Å². The van der Waals surface area contributed by atoms with Gasteiger partial charge in [-0.3, -0.25) is 9.69 Å². The second kappa shape index (κ2) is 7.33. The van der Waals surface area contributed by atoms with Crippen molar-refractivity contribution in [3.05, 3.63) is 35.4 Å². The molecule has 1 aromatic carbocycles. The molecule has 1 aliphatic rings. The van der Waals surface area contributed by atoms with E-state index in [1.807, 2.05) is 4.90 Å². The molecule has 1 aromatic rings. The summed E-state index contributed by atoms with van der Waals surface area (Å²) in [6.07, 6.45) is 1.18. The SMILES string of the molecule is CS(=O)(=O)N1CCN(CCNC(=O)c2ccc(F)cc2F)CC1. The minimum absolute atomic E-state index is 0.201. The van der Waals surface area contributed by atoms with Crippen LogP contribution in [-0.4, -0.2) is 69.1 Å². The smallest absolute Gasteiger partial charge is 0.254 e. The Balaban J connectivity index is 1.76. The van der Waals surface area contributed by atoms with Crippen LogP contribution in [0.5, 0.6) is 0 Å². The van der Waals surface area contributed by atoms with Crippen molar-refractivity contribution in [3.8, 4) is 0 Å². The van der Waals surface area contributed by atoms with Crippen LogP contribution < -0.4 is 5.32 Å². The predicted octanol–water partition coefficient (Wildman–Crippen LogP) is 0.272. The lowest BCUT2D eigenvalue weighted by atomic mass is 10.2. The lowest BCUT2D eigenvalue weighted by Crippen LogP contribution is -2.49. The quantitative estimate of drug-likeness (QED) is 0.830. The first-order valence-corrected chi connectivity index (χ1v) is 9.03. The molecule has 0 aliphatic carbocycles.